The van der Waals surface area contributed by atoms with Crippen LogP contribution < -0.4 is 5.56 Å². The molecule has 2 aliphatic rings. The van der Waals surface area contributed by atoms with E-state index in [0.29, 0.717) is 25.6 Å². The van der Waals surface area contributed by atoms with Crippen molar-refractivity contribution in [3.63, 3.8) is 0 Å². The summed E-state index contributed by atoms with van der Waals surface area (Å²) >= 11 is 0. The van der Waals surface area contributed by atoms with Crippen LogP contribution in [0.15, 0.2) is 47.4 Å². The number of benzene rings is 1. The smallest absolute Gasteiger partial charge is 0.325 e. The van der Waals surface area contributed by atoms with Gasteiger partial charge in [0.15, 0.2) is 0 Å². The number of nitrogens with one attached hydrogen (secondary N) is 1. The minimum Gasteiger partial charge on any atom is -0.480 e. The van der Waals surface area contributed by atoms with Crippen molar-refractivity contribution in [3.8, 4) is 0 Å². The molecule has 1 unspecified atom stereocenters. The summed E-state index contributed by atoms with van der Waals surface area (Å²) in [6.45, 7) is 4.02. The Labute approximate surface area is 162 Å². The average molecular weight is 377 g/mol. The standard InChI is InChI=1S/C22H23N3O3/c1-13-5-6-18-16(7-13)17(9-23-18)21(22(27)28)24-10-14-8-15(12-24)19-3-2-4-20(26)25(19)11-14/h2-7,9,14-15,21,23H,8,10-12H2,1H3,(H,27,28)/t14-,15-,21?/m1/s1. The summed E-state index contributed by atoms with van der Waals surface area (Å²) in [5.41, 5.74) is 3.97. The predicted molar refractivity (Wildman–Crippen MR) is 107 cm³/mol. The van der Waals surface area contributed by atoms with Crippen LogP contribution in [0.1, 0.15) is 35.2 Å². The number of carboxylic acid groups (broad SMARTS) is 1. The van der Waals surface area contributed by atoms with Crippen molar-refractivity contribution < 1.29 is 9.90 Å². The molecule has 0 amide bonds. The molecule has 0 aliphatic carbocycles. The van der Waals surface area contributed by atoms with E-state index in [4.69, 9.17) is 0 Å². The topological polar surface area (TPSA) is 78.3 Å². The van der Waals surface area contributed by atoms with Gasteiger partial charge in [-0.25, -0.2) is 0 Å². The molecule has 2 aliphatic heterocycles. The number of H-pyrrole nitrogens is 1. The molecule has 28 heavy (non-hydrogen) atoms. The molecule has 3 atom stereocenters. The number of aliphatic carboxylic acids is 1. The summed E-state index contributed by atoms with van der Waals surface area (Å²) < 4.78 is 1.88. The van der Waals surface area contributed by atoms with Crippen LogP contribution in [-0.2, 0) is 11.3 Å². The molecule has 0 spiro atoms. The highest BCUT2D eigenvalue weighted by molar-refractivity contribution is 5.89. The second-order valence-electron chi connectivity index (χ2n) is 8.19. The molecule has 1 saturated heterocycles. The van der Waals surface area contributed by atoms with Gasteiger partial charge in [-0.05, 0) is 37.5 Å². The molecule has 4 heterocycles. The van der Waals surface area contributed by atoms with Crippen molar-refractivity contribution in [2.45, 2.75) is 31.8 Å². The Morgan fingerprint density at radius 2 is 2.07 bits per heavy atom. The van der Waals surface area contributed by atoms with Gasteiger partial charge in [-0.15, -0.1) is 0 Å². The van der Waals surface area contributed by atoms with Crippen LogP contribution in [-0.4, -0.2) is 38.6 Å². The highest BCUT2D eigenvalue weighted by atomic mass is 16.4. The molecule has 1 aromatic carbocycles. The monoisotopic (exact) mass is 377 g/mol. The Bertz CT molecular complexity index is 1130. The van der Waals surface area contributed by atoms with Crippen molar-refractivity contribution in [3.05, 3.63) is 69.8 Å². The molecule has 2 aromatic heterocycles. The van der Waals surface area contributed by atoms with Crippen molar-refractivity contribution in [2.75, 3.05) is 13.1 Å². The number of rotatable bonds is 3. The largest absolute Gasteiger partial charge is 0.480 e. The van der Waals surface area contributed by atoms with Crippen molar-refractivity contribution in [2.24, 2.45) is 5.92 Å². The van der Waals surface area contributed by atoms with Crippen LogP contribution >= 0.6 is 0 Å². The fourth-order valence-corrected chi connectivity index (χ4v) is 5.11. The van der Waals surface area contributed by atoms with Gasteiger partial charge in [0.2, 0.25) is 0 Å². The maximum atomic E-state index is 12.3. The molecule has 6 nitrogen and oxygen atoms in total. The maximum Gasteiger partial charge on any atom is 0.325 e. The van der Waals surface area contributed by atoms with Gasteiger partial charge in [0, 0.05) is 60.0 Å². The number of pyridine rings is 1. The zero-order chi connectivity index (χ0) is 19.4. The maximum absolute atomic E-state index is 12.3. The lowest BCUT2D eigenvalue weighted by atomic mass is 9.82. The SMILES string of the molecule is Cc1ccc2[nH]cc(C(C(=O)O)N3C[C@H]4C[C@H](C3)c3cccc(=O)n3C4)c2c1. The quantitative estimate of drug-likeness (QED) is 0.736. The zero-order valence-electron chi connectivity index (χ0n) is 15.8. The number of likely N-dealkylation sites (tertiary alicyclic amines) is 1. The first-order valence-electron chi connectivity index (χ1n) is 9.75. The van der Waals surface area contributed by atoms with Crippen LogP contribution in [0, 0.1) is 12.8 Å². The summed E-state index contributed by atoms with van der Waals surface area (Å²) in [5, 5.41) is 11.1. The third-order valence-corrected chi connectivity index (χ3v) is 6.27. The van der Waals surface area contributed by atoms with E-state index in [1.54, 1.807) is 6.07 Å². The lowest BCUT2D eigenvalue weighted by molar-refractivity contribution is -0.144. The Hall–Kier alpha value is -2.86. The molecule has 5 rings (SSSR count). The number of aryl methyl sites for hydroxylation is 1. The summed E-state index contributed by atoms with van der Waals surface area (Å²) in [6, 6.07) is 10.8. The number of carbonyl (C=O) groups is 1. The Balaban J connectivity index is 1.55. The second-order valence-corrected chi connectivity index (χ2v) is 8.19. The van der Waals surface area contributed by atoms with Crippen molar-refractivity contribution in [1.82, 2.24) is 14.5 Å². The van der Waals surface area contributed by atoms with Gasteiger partial charge in [-0.2, -0.15) is 0 Å². The van der Waals surface area contributed by atoms with E-state index in [0.717, 1.165) is 34.1 Å². The number of hydrogen-bond acceptors (Lipinski definition) is 3. The predicted octanol–water partition coefficient (Wildman–Crippen LogP) is 2.88. The number of nitrogens with zero attached hydrogens (tertiary/aromatic N) is 2. The lowest BCUT2D eigenvalue weighted by Crippen LogP contribution is -2.49. The van der Waals surface area contributed by atoms with E-state index in [2.05, 4.69) is 16.0 Å². The van der Waals surface area contributed by atoms with E-state index in [1.165, 1.54) is 0 Å². The summed E-state index contributed by atoms with van der Waals surface area (Å²) in [5.74, 6) is -0.344. The Morgan fingerprint density at radius 1 is 1.21 bits per heavy atom. The molecule has 2 N–H and O–H groups in total. The number of piperidine rings is 1. The van der Waals surface area contributed by atoms with Gasteiger partial charge in [-0.1, -0.05) is 17.7 Å². The summed E-state index contributed by atoms with van der Waals surface area (Å²) in [7, 11) is 0. The fraction of sp³-hybridized carbons (Fsp3) is 0.364. The molecule has 144 valence electrons. The zero-order valence-corrected chi connectivity index (χ0v) is 15.8. The van der Waals surface area contributed by atoms with Gasteiger partial charge >= 0.3 is 5.97 Å². The highest BCUT2D eigenvalue weighted by Gasteiger charge is 2.40. The van der Waals surface area contributed by atoms with Crippen LogP contribution in [0.4, 0.5) is 0 Å². The molecular formula is C22H23N3O3. The second kappa shape index (κ2) is 6.34. The van der Waals surface area contributed by atoms with E-state index in [9.17, 15) is 14.7 Å². The van der Waals surface area contributed by atoms with Crippen molar-refractivity contribution in [1.29, 1.82) is 0 Å². The van der Waals surface area contributed by atoms with Gasteiger partial charge in [0.25, 0.3) is 5.56 Å². The van der Waals surface area contributed by atoms with Gasteiger partial charge in [0.1, 0.15) is 6.04 Å². The first-order valence-corrected chi connectivity index (χ1v) is 9.75. The molecule has 0 radical (unpaired) electrons. The molecule has 6 heteroatoms. The number of hydrogen-bond donors (Lipinski definition) is 2. The Kier molecular flexibility index (Phi) is 3.91. The van der Waals surface area contributed by atoms with E-state index in [1.807, 2.05) is 42.0 Å². The number of carboxylic acids is 1. The number of fused-ring (bicyclic) bond motifs is 5. The normalized spacial score (nSPS) is 22.8. The fourth-order valence-electron chi connectivity index (χ4n) is 5.11. The molecule has 3 aromatic rings. The number of aromatic nitrogens is 2. The number of aromatic amines is 1. The average Bonchev–Trinajstić information content (AvgIpc) is 3.05. The lowest BCUT2D eigenvalue weighted by Gasteiger charge is -2.44. The first-order chi connectivity index (χ1) is 13.5. The highest BCUT2D eigenvalue weighted by Crippen LogP contribution is 2.39. The summed E-state index contributed by atoms with van der Waals surface area (Å²) in [6.07, 6.45) is 2.85. The summed E-state index contributed by atoms with van der Waals surface area (Å²) in [4.78, 5) is 29.9. The van der Waals surface area contributed by atoms with E-state index < -0.39 is 12.0 Å². The van der Waals surface area contributed by atoms with Gasteiger partial charge in [-0.3, -0.25) is 14.5 Å². The van der Waals surface area contributed by atoms with E-state index in [-0.39, 0.29) is 11.5 Å². The van der Waals surface area contributed by atoms with Gasteiger partial charge < -0.3 is 14.7 Å². The van der Waals surface area contributed by atoms with E-state index >= 15 is 0 Å². The minimum absolute atomic E-state index is 0.0440. The first kappa shape index (κ1) is 17.3. The van der Waals surface area contributed by atoms with Crippen LogP contribution in [0.2, 0.25) is 0 Å². The van der Waals surface area contributed by atoms with Crippen LogP contribution in [0.25, 0.3) is 10.9 Å². The molecule has 1 fully saturated rings. The van der Waals surface area contributed by atoms with Crippen LogP contribution in [0.3, 0.4) is 0 Å². The third kappa shape index (κ3) is 2.67. The van der Waals surface area contributed by atoms with Crippen LogP contribution in [0.5, 0.6) is 0 Å². The molecular weight excluding hydrogens is 354 g/mol. The molecule has 0 saturated carbocycles. The van der Waals surface area contributed by atoms with Crippen molar-refractivity contribution >= 4 is 16.9 Å². The third-order valence-electron chi connectivity index (χ3n) is 6.27. The minimum atomic E-state index is -0.826. The van der Waals surface area contributed by atoms with Gasteiger partial charge in [0.05, 0.1) is 0 Å². The Morgan fingerprint density at radius 3 is 2.89 bits per heavy atom. The molecule has 2 bridgehead atoms.